The molecular weight excluding hydrogens is 228 g/mol. The number of carboxylic acids is 1. The molecular formula is C15H22O3. The maximum atomic E-state index is 10.6. The van der Waals surface area contributed by atoms with Crippen LogP contribution in [0.25, 0.3) is 0 Å². The van der Waals surface area contributed by atoms with Crippen molar-refractivity contribution in [3.05, 3.63) is 28.8 Å². The summed E-state index contributed by atoms with van der Waals surface area (Å²) in [5, 5.41) is 8.74. The number of carbonyl (C=O) groups is 1. The summed E-state index contributed by atoms with van der Waals surface area (Å²) in [7, 11) is 1.65. The standard InChI is InChI=1S/C15H22O3/c1-10-8-12(15(2,3)4)13(18-5)9-11(10)6-7-14(16)17/h8-9H,6-7H2,1-5H3,(H,16,17). The van der Waals surface area contributed by atoms with E-state index in [2.05, 4.69) is 26.8 Å². The zero-order chi connectivity index (χ0) is 13.9. The molecule has 1 aromatic carbocycles. The van der Waals surface area contributed by atoms with Gasteiger partial charge in [-0.15, -0.1) is 0 Å². The topological polar surface area (TPSA) is 46.5 Å². The first-order valence-electron chi connectivity index (χ1n) is 6.15. The Morgan fingerprint density at radius 3 is 2.39 bits per heavy atom. The molecule has 18 heavy (non-hydrogen) atoms. The molecule has 1 aromatic rings. The lowest BCUT2D eigenvalue weighted by atomic mass is 9.84. The Hall–Kier alpha value is -1.51. The smallest absolute Gasteiger partial charge is 0.303 e. The van der Waals surface area contributed by atoms with Crippen LogP contribution in [0.3, 0.4) is 0 Å². The van der Waals surface area contributed by atoms with E-state index >= 15 is 0 Å². The van der Waals surface area contributed by atoms with Gasteiger partial charge >= 0.3 is 5.97 Å². The number of methoxy groups -OCH3 is 1. The highest BCUT2D eigenvalue weighted by atomic mass is 16.5. The first kappa shape index (κ1) is 14.6. The number of carboxylic acid groups (broad SMARTS) is 1. The summed E-state index contributed by atoms with van der Waals surface area (Å²) in [6.07, 6.45) is 0.695. The van der Waals surface area contributed by atoms with Crippen LogP contribution in [0.4, 0.5) is 0 Å². The molecule has 0 heterocycles. The summed E-state index contributed by atoms with van der Waals surface area (Å²) < 4.78 is 5.43. The van der Waals surface area contributed by atoms with E-state index in [0.717, 1.165) is 22.4 Å². The van der Waals surface area contributed by atoms with Gasteiger partial charge in [0.25, 0.3) is 0 Å². The van der Waals surface area contributed by atoms with Gasteiger partial charge in [0.05, 0.1) is 7.11 Å². The van der Waals surface area contributed by atoms with Crippen molar-refractivity contribution in [3.8, 4) is 5.75 Å². The zero-order valence-corrected chi connectivity index (χ0v) is 11.8. The molecule has 0 aliphatic carbocycles. The van der Waals surface area contributed by atoms with E-state index in [4.69, 9.17) is 9.84 Å². The van der Waals surface area contributed by atoms with E-state index in [-0.39, 0.29) is 11.8 Å². The van der Waals surface area contributed by atoms with Gasteiger partial charge < -0.3 is 9.84 Å². The molecule has 0 saturated heterocycles. The van der Waals surface area contributed by atoms with Crippen LogP contribution in [-0.2, 0) is 16.6 Å². The van der Waals surface area contributed by atoms with E-state index in [1.54, 1.807) is 7.11 Å². The molecule has 100 valence electrons. The van der Waals surface area contributed by atoms with Gasteiger partial charge in [-0.1, -0.05) is 26.8 Å². The number of aliphatic carboxylic acids is 1. The van der Waals surface area contributed by atoms with Gasteiger partial charge in [0.2, 0.25) is 0 Å². The van der Waals surface area contributed by atoms with Crippen LogP contribution >= 0.6 is 0 Å². The maximum absolute atomic E-state index is 10.6. The first-order chi connectivity index (χ1) is 8.25. The second kappa shape index (κ2) is 5.42. The molecule has 1 N–H and O–H groups in total. The highest BCUT2D eigenvalue weighted by Gasteiger charge is 2.20. The van der Waals surface area contributed by atoms with Crippen molar-refractivity contribution in [2.45, 2.75) is 46.0 Å². The lowest BCUT2D eigenvalue weighted by molar-refractivity contribution is -0.136. The van der Waals surface area contributed by atoms with E-state index in [9.17, 15) is 4.79 Å². The van der Waals surface area contributed by atoms with Gasteiger partial charge in [0.1, 0.15) is 5.75 Å². The third kappa shape index (κ3) is 3.49. The van der Waals surface area contributed by atoms with Gasteiger partial charge in [0.15, 0.2) is 0 Å². The third-order valence-corrected chi connectivity index (χ3v) is 3.07. The average Bonchev–Trinajstić information content (AvgIpc) is 2.25. The molecule has 0 radical (unpaired) electrons. The summed E-state index contributed by atoms with van der Waals surface area (Å²) >= 11 is 0. The van der Waals surface area contributed by atoms with E-state index in [0.29, 0.717) is 6.42 Å². The van der Waals surface area contributed by atoms with Crippen LogP contribution in [0.1, 0.15) is 43.9 Å². The summed E-state index contributed by atoms with van der Waals surface area (Å²) in [6.45, 7) is 8.44. The van der Waals surface area contributed by atoms with Crippen molar-refractivity contribution in [3.63, 3.8) is 0 Å². The fourth-order valence-corrected chi connectivity index (χ4v) is 2.00. The van der Waals surface area contributed by atoms with Gasteiger partial charge in [-0.2, -0.15) is 0 Å². The van der Waals surface area contributed by atoms with Gasteiger partial charge in [-0.25, -0.2) is 0 Å². The molecule has 3 nitrogen and oxygen atoms in total. The minimum atomic E-state index is -0.770. The Balaban J connectivity index is 3.14. The largest absolute Gasteiger partial charge is 0.496 e. The lowest BCUT2D eigenvalue weighted by Crippen LogP contribution is -2.14. The van der Waals surface area contributed by atoms with E-state index in [1.165, 1.54) is 0 Å². The number of hydrogen-bond acceptors (Lipinski definition) is 2. The minimum absolute atomic E-state index is 0.0153. The second-order valence-electron chi connectivity index (χ2n) is 5.62. The van der Waals surface area contributed by atoms with Crippen molar-refractivity contribution in [1.29, 1.82) is 0 Å². The Labute approximate surface area is 109 Å². The highest BCUT2D eigenvalue weighted by molar-refractivity contribution is 5.67. The summed E-state index contributed by atoms with van der Waals surface area (Å²) in [5.74, 6) is 0.0711. The van der Waals surface area contributed by atoms with Gasteiger partial charge in [0, 0.05) is 6.42 Å². The Kier molecular flexibility index (Phi) is 4.38. The monoisotopic (exact) mass is 250 g/mol. The first-order valence-corrected chi connectivity index (χ1v) is 6.15. The fraction of sp³-hybridized carbons (Fsp3) is 0.533. The van der Waals surface area contributed by atoms with Crippen molar-refractivity contribution < 1.29 is 14.6 Å². The van der Waals surface area contributed by atoms with Crippen molar-refractivity contribution >= 4 is 5.97 Å². The molecule has 0 aliphatic heterocycles. The van der Waals surface area contributed by atoms with Crippen LogP contribution < -0.4 is 4.74 Å². The van der Waals surface area contributed by atoms with Gasteiger partial charge in [-0.05, 0) is 41.5 Å². The quantitative estimate of drug-likeness (QED) is 0.891. The molecule has 0 fully saturated rings. The fourth-order valence-electron chi connectivity index (χ4n) is 2.00. The Bertz CT molecular complexity index is 442. The van der Waals surface area contributed by atoms with E-state index in [1.807, 2.05) is 13.0 Å². The molecule has 0 atom stereocenters. The Morgan fingerprint density at radius 2 is 1.94 bits per heavy atom. The number of aryl methyl sites for hydroxylation is 2. The van der Waals surface area contributed by atoms with Crippen molar-refractivity contribution in [2.24, 2.45) is 0 Å². The summed E-state index contributed by atoms with van der Waals surface area (Å²) in [4.78, 5) is 10.6. The third-order valence-electron chi connectivity index (χ3n) is 3.07. The predicted molar refractivity (Wildman–Crippen MR) is 72.4 cm³/mol. The molecule has 0 saturated carbocycles. The Morgan fingerprint density at radius 1 is 1.33 bits per heavy atom. The predicted octanol–water partition coefficient (Wildman–Crippen LogP) is 3.32. The van der Waals surface area contributed by atoms with Crippen LogP contribution in [0.2, 0.25) is 0 Å². The molecule has 3 heteroatoms. The van der Waals surface area contributed by atoms with Crippen LogP contribution in [-0.4, -0.2) is 18.2 Å². The minimum Gasteiger partial charge on any atom is -0.496 e. The molecule has 0 aliphatic rings. The number of benzene rings is 1. The number of hydrogen-bond donors (Lipinski definition) is 1. The summed E-state index contributed by atoms with van der Waals surface area (Å²) in [5.41, 5.74) is 3.34. The lowest BCUT2D eigenvalue weighted by Gasteiger charge is -2.24. The highest BCUT2D eigenvalue weighted by Crippen LogP contribution is 2.33. The molecule has 0 unspecified atom stereocenters. The molecule has 0 bridgehead atoms. The molecule has 0 spiro atoms. The molecule has 0 aromatic heterocycles. The van der Waals surface area contributed by atoms with Crippen LogP contribution in [0.15, 0.2) is 12.1 Å². The second-order valence-corrected chi connectivity index (χ2v) is 5.62. The van der Waals surface area contributed by atoms with Gasteiger partial charge in [-0.3, -0.25) is 4.79 Å². The number of ether oxygens (including phenoxy) is 1. The van der Waals surface area contributed by atoms with Crippen molar-refractivity contribution in [2.75, 3.05) is 7.11 Å². The average molecular weight is 250 g/mol. The molecule has 1 rings (SSSR count). The van der Waals surface area contributed by atoms with Crippen LogP contribution in [0.5, 0.6) is 5.75 Å². The van der Waals surface area contributed by atoms with Crippen LogP contribution in [0, 0.1) is 6.92 Å². The van der Waals surface area contributed by atoms with Crippen molar-refractivity contribution in [1.82, 2.24) is 0 Å². The number of rotatable bonds is 4. The molecule has 0 amide bonds. The normalized spacial score (nSPS) is 11.4. The summed E-state index contributed by atoms with van der Waals surface area (Å²) in [6, 6.07) is 4.08. The maximum Gasteiger partial charge on any atom is 0.303 e. The zero-order valence-electron chi connectivity index (χ0n) is 11.8. The van der Waals surface area contributed by atoms with E-state index < -0.39 is 5.97 Å². The SMILES string of the molecule is COc1cc(CCC(=O)O)c(C)cc1C(C)(C)C.